The van der Waals surface area contributed by atoms with Crippen LogP contribution < -0.4 is 27.4 Å². The topological polar surface area (TPSA) is 237 Å². The average molecular weight is 565 g/mol. The van der Waals surface area contributed by atoms with Crippen LogP contribution in [-0.4, -0.2) is 99.7 Å². The van der Waals surface area contributed by atoms with Gasteiger partial charge in [0.1, 0.15) is 29.9 Å². The zero-order valence-electron chi connectivity index (χ0n) is 22.5. The second-order valence-electron chi connectivity index (χ2n) is 9.84. The Hall–Kier alpha value is -3.75. The Bertz CT molecular complexity index is 1030. The van der Waals surface area contributed by atoms with Crippen LogP contribution >= 0.6 is 0 Å². The number of aliphatic hydroxyl groups is 1. The van der Waals surface area contributed by atoms with Gasteiger partial charge >= 0.3 is 5.97 Å². The Kier molecular flexibility index (Phi) is 12.8. The Balaban J connectivity index is 2.08. The van der Waals surface area contributed by atoms with E-state index in [-0.39, 0.29) is 18.7 Å². The maximum atomic E-state index is 13.4. The number of carbonyl (C=O) groups excluding carboxylic acids is 4. The molecule has 1 heterocycles. The molecule has 0 unspecified atom stereocenters. The molecule has 1 aliphatic rings. The summed E-state index contributed by atoms with van der Waals surface area (Å²) in [5.41, 5.74) is 11.7. The predicted octanol–water partition coefficient (Wildman–Crippen LogP) is -2.07. The monoisotopic (exact) mass is 564 g/mol. The van der Waals surface area contributed by atoms with Crippen molar-refractivity contribution in [1.82, 2.24) is 20.9 Å². The fourth-order valence-corrected chi connectivity index (χ4v) is 4.36. The van der Waals surface area contributed by atoms with E-state index in [2.05, 4.69) is 16.0 Å². The minimum absolute atomic E-state index is 0.000329. The highest BCUT2D eigenvalue weighted by Gasteiger charge is 2.39. The van der Waals surface area contributed by atoms with Crippen LogP contribution in [0.2, 0.25) is 0 Å². The van der Waals surface area contributed by atoms with E-state index in [1.807, 2.05) is 0 Å². The Morgan fingerprint density at radius 2 is 1.65 bits per heavy atom. The van der Waals surface area contributed by atoms with E-state index < -0.39 is 66.4 Å². The van der Waals surface area contributed by atoms with Crippen LogP contribution in [0, 0.1) is 0 Å². The van der Waals surface area contributed by atoms with E-state index in [1.54, 1.807) is 0 Å². The van der Waals surface area contributed by atoms with Crippen LogP contribution in [0.5, 0.6) is 5.75 Å². The number of carbonyl (C=O) groups is 5. The van der Waals surface area contributed by atoms with Gasteiger partial charge in [-0.15, -0.1) is 0 Å². The summed E-state index contributed by atoms with van der Waals surface area (Å²) >= 11 is 0. The molecule has 14 nitrogen and oxygen atoms in total. The van der Waals surface area contributed by atoms with E-state index in [0.717, 1.165) is 0 Å². The number of aliphatic hydroxyl groups excluding tert-OH is 1. The van der Waals surface area contributed by atoms with Gasteiger partial charge in [-0.2, -0.15) is 0 Å². The number of phenolic OH excluding ortho intramolecular Hbond substituents is 1. The van der Waals surface area contributed by atoms with Gasteiger partial charge in [-0.1, -0.05) is 12.1 Å². The number of amides is 4. The molecule has 5 atom stereocenters. The molecule has 1 aliphatic heterocycles. The lowest BCUT2D eigenvalue weighted by atomic mass is 10.1. The number of nitrogens with one attached hydrogen (secondary N) is 3. The summed E-state index contributed by atoms with van der Waals surface area (Å²) in [5.74, 6) is -3.91. The standard InChI is InChI=1S/C26H40N6O8/c1-15(28)22(35)29-18(5-2-3-11-27)25(38)32-12-4-6-21(32)24(37)31-20(14-33)23(36)30-19(26(39)40)13-16-7-9-17(34)10-8-16/h7-10,15,18-21,33-34H,2-6,11-14,27-28H2,1H3,(H,29,35)(H,30,36)(H,31,37)(H,39,40)/t15-,18-,19-,20-,21-/m0/s1. The summed E-state index contributed by atoms with van der Waals surface area (Å²) in [5, 5.41) is 36.1. The van der Waals surface area contributed by atoms with Crippen LogP contribution in [0.4, 0.5) is 0 Å². The summed E-state index contributed by atoms with van der Waals surface area (Å²) in [6, 6.07) is 0.244. The number of nitrogens with two attached hydrogens (primary N) is 2. The first-order valence-electron chi connectivity index (χ1n) is 13.3. The van der Waals surface area contributed by atoms with Gasteiger partial charge in [0.2, 0.25) is 23.6 Å². The van der Waals surface area contributed by atoms with Crippen molar-refractivity contribution in [2.24, 2.45) is 11.5 Å². The van der Waals surface area contributed by atoms with Crippen molar-refractivity contribution in [2.75, 3.05) is 19.7 Å². The molecule has 0 spiro atoms. The van der Waals surface area contributed by atoms with Gasteiger partial charge in [0.25, 0.3) is 0 Å². The zero-order chi connectivity index (χ0) is 29.8. The molecule has 14 heteroatoms. The highest BCUT2D eigenvalue weighted by atomic mass is 16.4. The van der Waals surface area contributed by atoms with Crippen molar-refractivity contribution in [3.63, 3.8) is 0 Å². The predicted molar refractivity (Wildman–Crippen MR) is 144 cm³/mol. The van der Waals surface area contributed by atoms with Crippen LogP contribution in [0.15, 0.2) is 24.3 Å². The number of aromatic hydroxyl groups is 1. The Morgan fingerprint density at radius 1 is 1.00 bits per heavy atom. The van der Waals surface area contributed by atoms with Crippen molar-refractivity contribution in [3.8, 4) is 5.75 Å². The molecule has 0 saturated carbocycles. The Labute approximate surface area is 232 Å². The molecule has 0 aromatic heterocycles. The van der Waals surface area contributed by atoms with Crippen molar-refractivity contribution in [1.29, 1.82) is 0 Å². The van der Waals surface area contributed by atoms with Crippen LogP contribution in [0.3, 0.4) is 0 Å². The normalized spacial score (nSPS) is 17.8. The molecule has 0 radical (unpaired) electrons. The number of carboxylic acids is 1. The summed E-state index contributed by atoms with van der Waals surface area (Å²) in [4.78, 5) is 64.6. The first kappa shape index (κ1) is 32.5. The van der Waals surface area contributed by atoms with E-state index in [1.165, 1.54) is 36.1 Å². The largest absolute Gasteiger partial charge is 0.508 e. The van der Waals surface area contributed by atoms with Gasteiger partial charge in [0.05, 0.1) is 12.6 Å². The number of carboxylic acid groups (broad SMARTS) is 1. The van der Waals surface area contributed by atoms with E-state index >= 15 is 0 Å². The molecule has 2 rings (SSSR count). The quantitative estimate of drug-likeness (QED) is 0.108. The number of hydrogen-bond acceptors (Lipinski definition) is 9. The number of likely N-dealkylation sites (tertiary alicyclic amines) is 1. The third-order valence-corrected chi connectivity index (χ3v) is 6.62. The number of hydrogen-bond donors (Lipinski definition) is 8. The van der Waals surface area contributed by atoms with Crippen molar-refractivity contribution < 1.29 is 39.3 Å². The van der Waals surface area contributed by atoms with E-state index in [4.69, 9.17) is 11.5 Å². The highest BCUT2D eigenvalue weighted by Crippen LogP contribution is 2.20. The minimum atomic E-state index is -1.47. The number of nitrogens with zero attached hydrogens (tertiary/aromatic N) is 1. The van der Waals surface area contributed by atoms with Gasteiger partial charge in [0, 0.05) is 13.0 Å². The third-order valence-electron chi connectivity index (χ3n) is 6.62. The molecule has 1 aromatic rings. The molecular formula is C26H40N6O8. The van der Waals surface area contributed by atoms with E-state index in [0.29, 0.717) is 44.2 Å². The van der Waals surface area contributed by atoms with Gasteiger partial charge in [-0.05, 0) is 63.3 Å². The highest BCUT2D eigenvalue weighted by molar-refractivity contribution is 5.95. The summed E-state index contributed by atoms with van der Waals surface area (Å²) in [6.07, 6.45) is 2.21. The number of rotatable bonds is 15. The zero-order valence-corrected chi connectivity index (χ0v) is 22.5. The summed E-state index contributed by atoms with van der Waals surface area (Å²) in [7, 11) is 0. The fourth-order valence-electron chi connectivity index (χ4n) is 4.36. The van der Waals surface area contributed by atoms with Crippen molar-refractivity contribution in [2.45, 2.75) is 75.7 Å². The number of benzene rings is 1. The second kappa shape index (κ2) is 15.7. The number of aliphatic carboxylic acids is 1. The molecule has 1 aromatic carbocycles. The molecule has 222 valence electrons. The van der Waals surface area contributed by atoms with E-state index in [9.17, 15) is 39.3 Å². The number of unbranched alkanes of at least 4 members (excludes halogenated alkanes) is 1. The van der Waals surface area contributed by atoms with Gasteiger partial charge in [-0.25, -0.2) is 4.79 Å². The first-order chi connectivity index (χ1) is 19.0. The van der Waals surface area contributed by atoms with Crippen molar-refractivity contribution in [3.05, 3.63) is 29.8 Å². The second-order valence-corrected chi connectivity index (χ2v) is 9.84. The van der Waals surface area contributed by atoms with Gasteiger partial charge in [-0.3, -0.25) is 19.2 Å². The SMILES string of the molecule is C[C@H](N)C(=O)N[C@@H](CCCCN)C(=O)N1CCC[C@H]1C(=O)N[C@@H](CO)C(=O)N[C@@H](Cc1ccc(O)cc1)C(=O)O. The fraction of sp³-hybridized carbons (Fsp3) is 0.577. The third kappa shape index (κ3) is 9.47. The molecular weight excluding hydrogens is 524 g/mol. The molecule has 10 N–H and O–H groups in total. The maximum Gasteiger partial charge on any atom is 0.326 e. The lowest BCUT2D eigenvalue weighted by molar-refractivity contribution is -0.144. The van der Waals surface area contributed by atoms with Gasteiger partial charge in [0.15, 0.2) is 0 Å². The lowest BCUT2D eigenvalue weighted by Gasteiger charge is -2.30. The minimum Gasteiger partial charge on any atom is -0.508 e. The molecule has 4 amide bonds. The summed E-state index contributed by atoms with van der Waals surface area (Å²) in [6.45, 7) is 1.35. The molecule has 0 bridgehead atoms. The number of phenols is 1. The molecule has 0 aliphatic carbocycles. The lowest BCUT2D eigenvalue weighted by Crippen LogP contribution is -2.58. The molecule has 1 fully saturated rings. The molecule has 40 heavy (non-hydrogen) atoms. The van der Waals surface area contributed by atoms with Gasteiger partial charge < -0.3 is 47.6 Å². The van der Waals surface area contributed by atoms with Crippen LogP contribution in [0.25, 0.3) is 0 Å². The molecule has 1 saturated heterocycles. The smallest absolute Gasteiger partial charge is 0.326 e. The average Bonchev–Trinajstić information content (AvgIpc) is 3.41. The summed E-state index contributed by atoms with van der Waals surface area (Å²) < 4.78 is 0. The van der Waals surface area contributed by atoms with Crippen LogP contribution in [-0.2, 0) is 30.4 Å². The first-order valence-corrected chi connectivity index (χ1v) is 13.3. The maximum absolute atomic E-state index is 13.4. The van der Waals surface area contributed by atoms with Crippen molar-refractivity contribution >= 4 is 29.6 Å². The van der Waals surface area contributed by atoms with Crippen LogP contribution in [0.1, 0.15) is 44.6 Å². The Morgan fingerprint density at radius 3 is 2.23 bits per heavy atom.